The molecular formula is C11H11NOSe2. The van der Waals surface area contributed by atoms with Crippen molar-refractivity contribution in [2.24, 2.45) is 0 Å². The third-order valence-corrected chi connectivity index (χ3v) is 6.26. The van der Waals surface area contributed by atoms with Crippen LogP contribution in [0.1, 0.15) is 13.3 Å². The van der Waals surface area contributed by atoms with E-state index in [1.807, 2.05) is 35.2 Å². The van der Waals surface area contributed by atoms with Crippen LogP contribution in [0.15, 0.2) is 30.3 Å². The van der Waals surface area contributed by atoms with Gasteiger partial charge in [0.05, 0.1) is 0 Å². The molecule has 0 spiro atoms. The second-order valence-corrected chi connectivity index (χ2v) is 7.91. The Bertz CT molecular complexity index is 391. The van der Waals surface area contributed by atoms with E-state index >= 15 is 0 Å². The van der Waals surface area contributed by atoms with Gasteiger partial charge in [-0.05, 0) is 0 Å². The summed E-state index contributed by atoms with van der Waals surface area (Å²) in [6.07, 6.45) is 0.938. The summed E-state index contributed by atoms with van der Waals surface area (Å²) in [5, 5.41) is 0. The van der Waals surface area contributed by atoms with Crippen molar-refractivity contribution < 1.29 is 4.79 Å². The predicted octanol–water partition coefficient (Wildman–Crippen LogP) is 1.19. The van der Waals surface area contributed by atoms with Crippen molar-refractivity contribution in [1.82, 2.24) is 0 Å². The number of anilines is 1. The molecular weight excluding hydrogens is 320 g/mol. The van der Waals surface area contributed by atoms with E-state index in [4.69, 9.17) is 0 Å². The van der Waals surface area contributed by atoms with Crippen LogP contribution in [0.2, 0.25) is 4.82 Å². The van der Waals surface area contributed by atoms with E-state index in [1.165, 1.54) is 0 Å². The topological polar surface area (TPSA) is 20.3 Å². The summed E-state index contributed by atoms with van der Waals surface area (Å²) in [6.45, 7) is 2.08. The Morgan fingerprint density at radius 3 is 2.60 bits per heavy atom. The molecule has 78 valence electrons. The first kappa shape index (κ1) is 11.1. The molecule has 15 heavy (non-hydrogen) atoms. The van der Waals surface area contributed by atoms with E-state index in [-0.39, 0.29) is 25.7 Å². The molecule has 1 saturated heterocycles. The van der Waals surface area contributed by atoms with Gasteiger partial charge in [0.25, 0.3) is 0 Å². The number of nitrogens with zero attached hydrogens (tertiary/aromatic N) is 1. The average Bonchev–Trinajstić information content (AvgIpc) is 2.55. The van der Waals surface area contributed by atoms with Gasteiger partial charge >= 0.3 is 104 Å². The molecule has 1 fully saturated rings. The minimum absolute atomic E-state index is 0.217. The Balaban J connectivity index is 2.31. The molecule has 0 aliphatic carbocycles. The van der Waals surface area contributed by atoms with Gasteiger partial charge in [-0.1, -0.05) is 0 Å². The third-order valence-electron chi connectivity index (χ3n) is 2.31. The van der Waals surface area contributed by atoms with E-state index in [9.17, 15) is 4.79 Å². The Morgan fingerprint density at radius 2 is 2.07 bits per heavy atom. The predicted molar refractivity (Wildman–Crippen MR) is 64.5 cm³/mol. The minimum atomic E-state index is 0.217. The molecule has 1 atom stereocenters. The van der Waals surface area contributed by atoms with E-state index in [2.05, 4.69) is 22.5 Å². The van der Waals surface area contributed by atoms with Crippen molar-refractivity contribution in [3.8, 4) is 0 Å². The molecule has 1 amide bonds. The zero-order valence-corrected chi connectivity index (χ0v) is 11.8. The third kappa shape index (κ3) is 2.09. The second-order valence-electron chi connectivity index (χ2n) is 3.29. The van der Waals surface area contributed by atoms with Crippen molar-refractivity contribution in [3.63, 3.8) is 0 Å². The Labute approximate surface area is 104 Å². The summed E-state index contributed by atoms with van der Waals surface area (Å²) < 4.78 is 1.10. The van der Waals surface area contributed by atoms with Crippen LogP contribution in [0.4, 0.5) is 5.69 Å². The molecule has 1 aliphatic rings. The molecule has 0 aromatic heterocycles. The number of carbonyl (C=O) groups excluding carboxylic acids is 1. The molecule has 2 rings (SSSR count). The van der Waals surface area contributed by atoms with Gasteiger partial charge in [-0.2, -0.15) is 0 Å². The monoisotopic (exact) mass is 333 g/mol. The van der Waals surface area contributed by atoms with Gasteiger partial charge in [0.15, 0.2) is 0 Å². The molecule has 1 aromatic rings. The second kappa shape index (κ2) is 4.63. The summed E-state index contributed by atoms with van der Waals surface area (Å²) >= 11 is 3.31. The van der Waals surface area contributed by atoms with Crippen molar-refractivity contribution in [1.29, 1.82) is 0 Å². The standard InChI is InChI=1S/C11H11NOSe2/c1-2-9-10(13)12(11(14)15-9)8-6-4-3-5-7-8/h3-7,9H,2H2,1H3. The van der Waals surface area contributed by atoms with E-state index in [1.54, 1.807) is 0 Å². The molecule has 0 saturated carbocycles. The summed E-state index contributed by atoms with van der Waals surface area (Å²) in [4.78, 5) is 14.1. The maximum atomic E-state index is 12.0. The number of rotatable bonds is 2. The Kier molecular flexibility index (Phi) is 3.42. The van der Waals surface area contributed by atoms with Crippen LogP contribution in [0, 0.1) is 0 Å². The van der Waals surface area contributed by atoms with Gasteiger partial charge in [0.1, 0.15) is 0 Å². The average molecular weight is 331 g/mol. The van der Waals surface area contributed by atoms with Gasteiger partial charge < -0.3 is 0 Å². The Hall–Kier alpha value is -0.401. The maximum absolute atomic E-state index is 12.0. The summed E-state index contributed by atoms with van der Waals surface area (Å²) in [6, 6.07) is 9.84. The van der Waals surface area contributed by atoms with Crippen LogP contribution in [0.3, 0.4) is 0 Å². The summed E-state index contributed by atoms with van der Waals surface area (Å²) in [5.74, 6) is 0.248. The van der Waals surface area contributed by atoms with Crippen molar-refractivity contribution in [2.75, 3.05) is 4.90 Å². The van der Waals surface area contributed by atoms with Crippen molar-refractivity contribution >= 4 is 45.6 Å². The van der Waals surface area contributed by atoms with Crippen LogP contribution in [0.5, 0.6) is 0 Å². The van der Waals surface area contributed by atoms with Crippen LogP contribution in [0.25, 0.3) is 0 Å². The number of para-hydroxylation sites is 1. The number of hydrogen-bond acceptors (Lipinski definition) is 1. The Morgan fingerprint density at radius 1 is 1.40 bits per heavy atom. The van der Waals surface area contributed by atoms with Gasteiger partial charge in [-0.25, -0.2) is 0 Å². The van der Waals surface area contributed by atoms with Gasteiger partial charge in [0.2, 0.25) is 0 Å². The van der Waals surface area contributed by atoms with Crippen LogP contribution in [-0.4, -0.2) is 39.9 Å². The normalized spacial score (nSPS) is 21.1. The van der Waals surface area contributed by atoms with Crippen LogP contribution >= 0.6 is 0 Å². The van der Waals surface area contributed by atoms with E-state index in [0.29, 0.717) is 0 Å². The molecule has 1 aromatic carbocycles. The van der Waals surface area contributed by atoms with E-state index in [0.717, 1.165) is 15.5 Å². The zero-order chi connectivity index (χ0) is 10.8. The fraction of sp³-hybridized carbons (Fsp3) is 0.273. The molecule has 0 bridgehead atoms. The first-order valence-electron chi connectivity index (χ1n) is 4.83. The van der Waals surface area contributed by atoms with Gasteiger partial charge in [0, 0.05) is 0 Å². The van der Waals surface area contributed by atoms with Crippen molar-refractivity contribution in [3.05, 3.63) is 30.3 Å². The molecule has 2 nitrogen and oxygen atoms in total. The van der Waals surface area contributed by atoms with Crippen LogP contribution < -0.4 is 4.90 Å². The summed E-state index contributed by atoms with van der Waals surface area (Å²) in [5.41, 5.74) is 0.981. The number of amides is 1. The number of carbonyl (C=O) groups is 1. The van der Waals surface area contributed by atoms with E-state index < -0.39 is 0 Å². The first-order chi connectivity index (χ1) is 7.24. The molecule has 4 heteroatoms. The van der Waals surface area contributed by atoms with Crippen molar-refractivity contribution in [2.45, 2.75) is 18.2 Å². The van der Waals surface area contributed by atoms with Gasteiger partial charge in [-0.15, -0.1) is 0 Å². The molecule has 1 unspecified atom stereocenters. The number of benzene rings is 1. The molecule has 1 aliphatic heterocycles. The number of hydrogen-bond donors (Lipinski definition) is 0. The van der Waals surface area contributed by atoms with Gasteiger partial charge in [-0.3, -0.25) is 0 Å². The fourth-order valence-electron chi connectivity index (χ4n) is 1.53. The molecule has 0 N–H and O–H groups in total. The molecule has 0 radical (unpaired) electrons. The first-order valence-corrected chi connectivity index (χ1v) is 7.54. The molecule has 1 heterocycles. The SMILES string of the molecule is CCC1[Se]C(=[Se])N(c2ccccc2)C1=O. The van der Waals surface area contributed by atoms with Crippen LogP contribution in [-0.2, 0) is 4.79 Å². The summed E-state index contributed by atoms with van der Waals surface area (Å²) in [7, 11) is 0. The quantitative estimate of drug-likeness (QED) is 0.746. The zero-order valence-electron chi connectivity index (χ0n) is 8.34. The fourth-order valence-corrected chi connectivity index (χ4v) is 5.13.